The van der Waals surface area contributed by atoms with Gasteiger partial charge in [-0.05, 0) is 53.6 Å². The largest absolute Gasteiger partial charge is 0.494 e. The van der Waals surface area contributed by atoms with Crippen molar-refractivity contribution in [1.29, 1.82) is 0 Å². The fraction of sp³-hybridized carbons (Fsp3) is 0.250. The van der Waals surface area contributed by atoms with Gasteiger partial charge in [-0.2, -0.15) is 0 Å². The van der Waals surface area contributed by atoms with Crippen molar-refractivity contribution < 1.29 is 14.1 Å². The number of ether oxygens (including phenoxy) is 1. The van der Waals surface area contributed by atoms with Crippen molar-refractivity contribution in [2.24, 2.45) is 0 Å². The Morgan fingerprint density at radius 2 is 1.55 bits per heavy atom. The normalized spacial score (nSPS) is 11.0. The number of rotatable bonds is 9. The second-order valence-corrected chi connectivity index (χ2v) is 7.35. The summed E-state index contributed by atoms with van der Waals surface area (Å²) in [7, 11) is 0. The number of nitrogens with zero attached hydrogens (tertiary/aromatic N) is 3. The molecule has 7 heteroatoms. The summed E-state index contributed by atoms with van der Waals surface area (Å²) in [5.41, 5.74) is 1.45. The molecule has 0 aliphatic carbocycles. The molecule has 4 rings (SSSR count). The van der Waals surface area contributed by atoms with Crippen molar-refractivity contribution in [1.82, 2.24) is 10.2 Å². The number of hydrogen-bond acceptors (Lipinski definition) is 6. The third-order valence-corrected chi connectivity index (χ3v) is 5.08. The van der Waals surface area contributed by atoms with Gasteiger partial charge in [0.1, 0.15) is 5.75 Å². The van der Waals surface area contributed by atoms with E-state index >= 15 is 0 Å². The van der Waals surface area contributed by atoms with Crippen molar-refractivity contribution in [3.05, 3.63) is 70.8 Å². The van der Waals surface area contributed by atoms with Crippen LogP contribution in [-0.4, -0.2) is 21.7 Å². The first-order chi connectivity index (χ1) is 15.1. The summed E-state index contributed by atoms with van der Waals surface area (Å²) in [6.07, 6.45) is 4.72. The maximum atomic E-state index is 10.8. The number of aromatic nitrogens is 2. The first-order valence-corrected chi connectivity index (χ1v) is 10.4. The van der Waals surface area contributed by atoms with Gasteiger partial charge in [0, 0.05) is 23.3 Å². The highest BCUT2D eigenvalue weighted by Gasteiger charge is 2.13. The fourth-order valence-corrected chi connectivity index (χ4v) is 3.35. The molecule has 1 heterocycles. The Labute approximate surface area is 179 Å². The summed E-state index contributed by atoms with van der Waals surface area (Å²) in [4.78, 5) is 10.4. The molecular weight excluding hydrogens is 394 g/mol. The molecule has 31 heavy (non-hydrogen) atoms. The van der Waals surface area contributed by atoms with Gasteiger partial charge in [0.2, 0.25) is 11.8 Å². The predicted molar refractivity (Wildman–Crippen MR) is 119 cm³/mol. The topological polar surface area (TPSA) is 91.3 Å². The van der Waals surface area contributed by atoms with Gasteiger partial charge in [-0.1, -0.05) is 38.3 Å². The van der Waals surface area contributed by atoms with Gasteiger partial charge >= 0.3 is 0 Å². The summed E-state index contributed by atoms with van der Waals surface area (Å²) in [6, 6.07) is 18.0. The smallest absolute Gasteiger partial charge is 0.269 e. The van der Waals surface area contributed by atoms with Crippen LogP contribution in [0.2, 0.25) is 0 Å². The number of nitro groups is 1. The van der Waals surface area contributed by atoms with E-state index in [2.05, 4.69) is 17.1 Å². The Morgan fingerprint density at radius 1 is 0.871 bits per heavy atom. The van der Waals surface area contributed by atoms with Crippen molar-refractivity contribution in [2.75, 3.05) is 6.61 Å². The number of non-ortho nitro benzene ring substituents is 1. The number of unbranched alkanes of at least 4 members (excludes halogenated alkanes) is 3. The van der Waals surface area contributed by atoms with E-state index in [4.69, 9.17) is 9.15 Å². The molecule has 0 saturated carbocycles. The second-order valence-electron chi connectivity index (χ2n) is 7.35. The molecule has 0 unspecified atom stereocenters. The zero-order valence-corrected chi connectivity index (χ0v) is 17.3. The van der Waals surface area contributed by atoms with Crippen LogP contribution in [-0.2, 0) is 0 Å². The van der Waals surface area contributed by atoms with Gasteiger partial charge in [0.25, 0.3) is 5.69 Å². The maximum Gasteiger partial charge on any atom is 0.269 e. The Kier molecular flexibility index (Phi) is 6.21. The highest BCUT2D eigenvalue weighted by atomic mass is 16.6. The molecule has 4 aromatic rings. The fourth-order valence-electron chi connectivity index (χ4n) is 3.35. The lowest BCUT2D eigenvalue weighted by atomic mass is 10.1. The van der Waals surface area contributed by atoms with Gasteiger partial charge in [0.05, 0.1) is 11.5 Å². The van der Waals surface area contributed by atoms with Crippen molar-refractivity contribution >= 4 is 16.5 Å². The highest BCUT2D eigenvalue weighted by Crippen LogP contribution is 2.29. The van der Waals surface area contributed by atoms with Crippen LogP contribution < -0.4 is 4.74 Å². The number of benzene rings is 3. The molecule has 0 aliphatic rings. The van der Waals surface area contributed by atoms with Crippen LogP contribution in [0, 0.1) is 10.1 Å². The molecule has 7 nitrogen and oxygen atoms in total. The first kappa shape index (κ1) is 20.5. The minimum atomic E-state index is -0.443. The predicted octanol–water partition coefficient (Wildman–Crippen LogP) is 6.42. The van der Waals surface area contributed by atoms with E-state index in [1.54, 1.807) is 12.1 Å². The summed E-state index contributed by atoms with van der Waals surface area (Å²) in [5, 5.41) is 21.1. The minimum Gasteiger partial charge on any atom is -0.494 e. The van der Waals surface area contributed by atoms with Crippen molar-refractivity contribution in [3.8, 4) is 28.7 Å². The summed E-state index contributed by atoms with van der Waals surface area (Å²) >= 11 is 0. The molecule has 0 fully saturated rings. The molecule has 3 aromatic carbocycles. The Bertz CT molecular complexity index is 1190. The summed E-state index contributed by atoms with van der Waals surface area (Å²) in [5.74, 6) is 1.58. The summed E-state index contributed by atoms with van der Waals surface area (Å²) < 4.78 is 11.7. The van der Waals surface area contributed by atoms with E-state index in [-0.39, 0.29) is 5.69 Å². The average molecular weight is 417 g/mol. The lowest BCUT2D eigenvalue weighted by Crippen LogP contribution is -1.97. The molecule has 0 aliphatic heterocycles. The molecule has 1 aromatic heterocycles. The van der Waals surface area contributed by atoms with Crippen LogP contribution >= 0.6 is 0 Å². The molecule has 0 spiro atoms. The maximum absolute atomic E-state index is 10.8. The van der Waals surface area contributed by atoms with E-state index in [9.17, 15) is 10.1 Å². The molecule has 0 radical (unpaired) electrons. The first-order valence-electron chi connectivity index (χ1n) is 10.4. The minimum absolute atomic E-state index is 0.0160. The third kappa shape index (κ3) is 4.88. The van der Waals surface area contributed by atoms with Crippen LogP contribution in [0.1, 0.15) is 32.6 Å². The van der Waals surface area contributed by atoms with Crippen molar-refractivity contribution in [2.45, 2.75) is 32.6 Å². The monoisotopic (exact) mass is 417 g/mol. The molecule has 0 amide bonds. The standard InChI is InChI=1S/C24H23N3O4/c1-2-3-4-5-14-30-22-13-10-18-15-20(7-6-19(18)16-22)24-26-25-23(31-24)17-8-11-21(12-9-17)27(28)29/h6-13,15-16H,2-5,14H2,1H3. The zero-order chi connectivity index (χ0) is 21.6. The van der Waals surface area contributed by atoms with Crippen LogP contribution in [0.5, 0.6) is 5.75 Å². The van der Waals surface area contributed by atoms with Crippen LogP contribution in [0.15, 0.2) is 65.1 Å². The number of hydrogen-bond donors (Lipinski definition) is 0. The van der Waals surface area contributed by atoms with Crippen LogP contribution in [0.25, 0.3) is 33.7 Å². The molecule has 0 bridgehead atoms. The molecule has 0 atom stereocenters. The lowest BCUT2D eigenvalue weighted by molar-refractivity contribution is -0.384. The quantitative estimate of drug-likeness (QED) is 0.177. The number of fused-ring (bicyclic) bond motifs is 1. The zero-order valence-electron chi connectivity index (χ0n) is 17.3. The second kappa shape index (κ2) is 9.38. The van der Waals surface area contributed by atoms with Crippen LogP contribution in [0.3, 0.4) is 0 Å². The third-order valence-electron chi connectivity index (χ3n) is 5.08. The molecule has 0 saturated heterocycles. The van der Waals surface area contributed by atoms with Gasteiger partial charge in [-0.25, -0.2) is 0 Å². The van der Waals surface area contributed by atoms with E-state index in [1.807, 2.05) is 36.4 Å². The lowest BCUT2D eigenvalue weighted by Gasteiger charge is -2.07. The van der Waals surface area contributed by atoms with E-state index in [0.717, 1.165) is 35.1 Å². The Hall–Kier alpha value is -3.74. The van der Waals surface area contributed by atoms with E-state index in [1.165, 1.54) is 31.4 Å². The van der Waals surface area contributed by atoms with Gasteiger partial charge < -0.3 is 9.15 Å². The van der Waals surface area contributed by atoms with Crippen molar-refractivity contribution in [3.63, 3.8) is 0 Å². The Morgan fingerprint density at radius 3 is 2.29 bits per heavy atom. The average Bonchev–Trinajstić information content (AvgIpc) is 3.29. The number of nitro benzene ring substituents is 1. The molecule has 158 valence electrons. The van der Waals surface area contributed by atoms with Gasteiger partial charge in [0.15, 0.2) is 0 Å². The van der Waals surface area contributed by atoms with Gasteiger partial charge in [-0.15, -0.1) is 10.2 Å². The Balaban J connectivity index is 1.48. The van der Waals surface area contributed by atoms with Gasteiger partial charge in [-0.3, -0.25) is 10.1 Å². The van der Waals surface area contributed by atoms with E-state index < -0.39 is 4.92 Å². The molecule has 0 N–H and O–H groups in total. The highest BCUT2D eigenvalue weighted by molar-refractivity contribution is 5.87. The molecular formula is C24H23N3O4. The van der Waals surface area contributed by atoms with Crippen LogP contribution in [0.4, 0.5) is 5.69 Å². The SMILES string of the molecule is CCCCCCOc1ccc2cc(-c3nnc(-c4ccc([N+](=O)[O-])cc4)o3)ccc2c1. The summed E-state index contributed by atoms with van der Waals surface area (Å²) in [6.45, 7) is 2.93. The van der Waals surface area contributed by atoms with E-state index in [0.29, 0.717) is 17.3 Å².